The molecular formula is C19H22ClN3O. The van der Waals surface area contributed by atoms with Gasteiger partial charge in [-0.05, 0) is 62.4 Å². The van der Waals surface area contributed by atoms with Gasteiger partial charge in [0.25, 0.3) is 5.91 Å². The van der Waals surface area contributed by atoms with Crippen molar-refractivity contribution in [2.75, 3.05) is 18.4 Å². The zero-order valence-corrected chi connectivity index (χ0v) is 14.9. The maximum absolute atomic E-state index is 12.6. The van der Waals surface area contributed by atoms with Crippen LogP contribution in [0, 0.1) is 13.8 Å². The minimum absolute atomic E-state index is 0.00470. The Kier molecular flexibility index (Phi) is 5.05. The second kappa shape index (κ2) is 7.22. The molecule has 1 N–H and O–H groups in total. The molecule has 5 heteroatoms. The second-order valence-corrected chi connectivity index (χ2v) is 6.75. The number of nitrogens with zero attached hydrogens (tertiary/aromatic N) is 2. The first-order chi connectivity index (χ1) is 11.5. The van der Waals surface area contributed by atoms with E-state index in [-0.39, 0.29) is 5.91 Å². The van der Waals surface area contributed by atoms with E-state index in [1.54, 1.807) is 12.3 Å². The van der Waals surface area contributed by atoms with Gasteiger partial charge in [-0.2, -0.15) is 0 Å². The predicted octanol–water partition coefficient (Wildman–Crippen LogP) is 4.72. The fourth-order valence-corrected chi connectivity index (χ4v) is 3.47. The molecule has 0 atom stereocenters. The first kappa shape index (κ1) is 16.8. The van der Waals surface area contributed by atoms with Crippen molar-refractivity contribution in [3.8, 4) is 0 Å². The van der Waals surface area contributed by atoms with Gasteiger partial charge < -0.3 is 10.2 Å². The maximum Gasteiger partial charge on any atom is 0.272 e. The van der Waals surface area contributed by atoms with Gasteiger partial charge in [0.15, 0.2) is 0 Å². The summed E-state index contributed by atoms with van der Waals surface area (Å²) in [5.74, 6) is 0.00470. The third-order valence-corrected chi connectivity index (χ3v) is 4.62. The summed E-state index contributed by atoms with van der Waals surface area (Å²) in [4.78, 5) is 18.7. The second-order valence-electron chi connectivity index (χ2n) is 6.35. The van der Waals surface area contributed by atoms with Crippen LogP contribution in [-0.2, 0) is 0 Å². The molecule has 1 aromatic carbocycles. The fourth-order valence-electron chi connectivity index (χ4n) is 3.10. The normalized spacial score (nSPS) is 14.5. The smallest absolute Gasteiger partial charge is 0.272 e. The molecule has 24 heavy (non-hydrogen) atoms. The van der Waals surface area contributed by atoms with E-state index >= 15 is 0 Å². The molecule has 1 saturated heterocycles. The number of hydrogen-bond acceptors (Lipinski definition) is 3. The number of aromatic nitrogens is 1. The Morgan fingerprint density at radius 1 is 1.17 bits per heavy atom. The third kappa shape index (κ3) is 3.70. The number of benzene rings is 1. The van der Waals surface area contributed by atoms with Gasteiger partial charge in [0.2, 0.25) is 0 Å². The average Bonchev–Trinajstić information content (AvgIpc) is 2.58. The highest BCUT2D eigenvalue weighted by atomic mass is 35.5. The lowest BCUT2D eigenvalue weighted by atomic mass is 10.1. The van der Waals surface area contributed by atoms with Gasteiger partial charge in [-0.1, -0.05) is 17.7 Å². The summed E-state index contributed by atoms with van der Waals surface area (Å²) in [6.45, 7) is 5.68. The molecule has 1 fully saturated rings. The van der Waals surface area contributed by atoms with Crippen molar-refractivity contribution >= 4 is 28.9 Å². The summed E-state index contributed by atoms with van der Waals surface area (Å²) >= 11 is 6.36. The van der Waals surface area contributed by atoms with E-state index in [9.17, 15) is 4.79 Å². The standard InChI is InChI=1S/C19H22ClN3O/c1-13-10-14(2)18(16(20)11-13)22-15-6-7-21-17(12-15)19(24)23-8-4-3-5-9-23/h6-7,10-12H,3-5,8-9H2,1-2H3,(H,21,22). The Balaban J connectivity index is 1.82. The van der Waals surface area contributed by atoms with Gasteiger partial charge in [0, 0.05) is 25.0 Å². The van der Waals surface area contributed by atoms with Crippen LogP contribution < -0.4 is 5.32 Å². The highest BCUT2D eigenvalue weighted by Gasteiger charge is 2.19. The van der Waals surface area contributed by atoms with Crippen LogP contribution >= 0.6 is 11.6 Å². The molecule has 1 aromatic heterocycles. The van der Waals surface area contributed by atoms with Crippen LogP contribution in [0.15, 0.2) is 30.5 Å². The summed E-state index contributed by atoms with van der Waals surface area (Å²) < 4.78 is 0. The number of carbonyl (C=O) groups excluding carboxylic acids is 1. The van der Waals surface area contributed by atoms with Gasteiger partial charge in [-0.25, -0.2) is 0 Å². The predicted molar refractivity (Wildman–Crippen MR) is 98.2 cm³/mol. The highest BCUT2D eigenvalue weighted by molar-refractivity contribution is 6.33. The summed E-state index contributed by atoms with van der Waals surface area (Å²) in [6.07, 6.45) is 5.00. The van der Waals surface area contributed by atoms with E-state index < -0.39 is 0 Å². The van der Waals surface area contributed by atoms with Crippen LogP contribution in [0.5, 0.6) is 0 Å². The number of nitrogens with one attached hydrogen (secondary N) is 1. The van der Waals surface area contributed by atoms with Crippen LogP contribution in [0.1, 0.15) is 40.9 Å². The van der Waals surface area contributed by atoms with Gasteiger partial charge in [-0.3, -0.25) is 9.78 Å². The molecule has 1 aliphatic heterocycles. The molecule has 1 amide bonds. The van der Waals surface area contributed by atoms with Crippen molar-refractivity contribution in [1.82, 2.24) is 9.88 Å². The number of aryl methyl sites for hydroxylation is 2. The summed E-state index contributed by atoms with van der Waals surface area (Å²) in [5, 5.41) is 4.00. The van der Waals surface area contributed by atoms with Crippen molar-refractivity contribution < 1.29 is 4.79 Å². The number of amides is 1. The largest absolute Gasteiger partial charge is 0.354 e. The van der Waals surface area contributed by atoms with E-state index in [0.717, 1.165) is 48.4 Å². The van der Waals surface area contributed by atoms with E-state index in [1.807, 2.05) is 30.9 Å². The summed E-state index contributed by atoms with van der Waals surface area (Å²) in [7, 11) is 0. The molecule has 0 aliphatic carbocycles. The van der Waals surface area contributed by atoms with Gasteiger partial charge >= 0.3 is 0 Å². The molecule has 4 nitrogen and oxygen atoms in total. The van der Waals surface area contributed by atoms with Crippen LogP contribution in [0.2, 0.25) is 5.02 Å². The zero-order valence-electron chi connectivity index (χ0n) is 14.1. The van der Waals surface area contributed by atoms with E-state index in [1.165, 1.54) is 6.42 Å². The Morgan fingerprint density at radius 3 is 2.62 bits per heavy atom. The lowest BCUT2D eigenvalue weighted by molar-refractivity contribution is 0.0718. The Labute approximate surface area is 147 Å². The number of piperidine rings is 1. The zero-order chi connectivity index (χ0) is 17.1. The van der Waals surface area contributed by atoms with Crippen molar-refractivity contribution in [2.45, 2.75) is 33.1 Å². The molecule has 2 heterocycles. The monoisotopic (exact) mass is 343 g/mol. The minimum atomic E-state index is 0.00470. The summed E-state index contributed by atoms with van der Waals surface area (Å²) in [5.41, 5.74) is 4.35. The number of carbonyl (C=O) groups is 1. The highest BCUT2D eigenvalue weighted by Crippen LogP contribution is 2.30. The number of halogens is 1. The molecule has 0 saturated carbocycles. The lowest BCUT2D eigenvalue weighted by Gasteiger charge is -2.26. The molecular weight excluding hydrogens is 322 g/mol. The fraction of sp³-hybridized carbons (Fsp3) is 0.368. The lowest BCUT2D eigenvalue weighted by Crippen LogP contribution is -2.36. The molecule has 0 radical (unpaired) electrons. The third-order valence-electron chi connectivity index (χ3n) is 4.32. The first-order valence-corrected chi connectivity index (χ1v) is 8.71. The quantitative estimate of drug-likeness (QED) is 0.876. The average molecular weight is 344 g/mol. The minimum Gasteiger partial charge on any atom is -0.354 e. The summed E-state index contributed by atoms with van der Waals surface area (Å²) in [6, 6.07) is 7.66. The van der Waals surface area contributed by atoms with E-state index in [2.05, 4.69) is 16.4 Å². The number of hydrogen-bond donors (Lipinski definition) is 1. The molecule has 1 aliphatic rings. The van der Waals surface area contributed by atoms with Crippen LogP contribution in [-0.4, -0.2) is 28.9 Å². The molecule has 0 spiro atoms. The number of anilines is 2. The SMILES string of the molecule is Cc1cc(C)c(Nc2ccnc(C(=O)N3CCCCC3)c2)c(Cl)c1. The molecule has 2 aromatic rings. The molecule has 3 rings (SSSR count). The topological polar surface area (TPSA) is 45.2 Å². The first-order valence-electron chi connectivity index (χ1n) is 8.34. The molecule has 0 unspecified atom stereocenters. The Morgan fingerprint density at radius 2 is 1.92 bits per heavy atom. The van der Waals surface area contributed by atoms with E-state index in [0.29, 0.717) is 10.7 Å². The van der Waals surface area contributed by atoms with Crippen LogP contribution in [0.25, 0.3) is 0 Å². The van der Waals surface area contributed by atoms with Gasteiger partial charge in [0.1, 0.15) is 5.69 Å². The van der Waals surface area contributed by atoms with Crippen LogP contribution in [0.4, 0.5) is 11.4 Å². The Bertz CT molecular complexity index is 731. The van der Waals surface area contributed by atoms with Crippen molar-refractivity contribution in [1.29, 1.82) is 0 Å². The number of likely N-dealkylation sites (tertiary alicyclic amines) is 1. The van der Waals surface area contributed by atoms with Crippen molar-refractivity contribution in [3.05, 3.63) is 52.3 Å². The molecule has 126 valence electrons. The number of pyridine rings is 1. The Hall–Kier alpha value is -2.07. The molecule has 0 bridgehead atoms. The maximum atomic E-state index is 12.6. The van der Waals surface area contributed by atoms with Crippen LogP contribution in [0.3, 0.4) is 0 Å². The van der Waals surface area contributed by atoms with E-state index in [4.69, 9.17) is 11.6 Å². The van der Waals surface area contributed by atoms with Gasteiger partial charge in [0.05, 0.1) is 10.7 Å². The van der Waals surface area contributed by atoms with Crippen molar-refractivity contribution in [2.24, 2.45) is 0 Å². The van der Waals surface area contributed by atoms with Gasteiger partial charge in [-0.15, -0.1) is 0 Å². The van der Waals surface area contributed by atoms with Crippen molar-refractivity contribution in [3.63, 3.8) is 0 Å². The number of rotatable bonds is 3.